The molecule has 2 rings (SSSR count). The minimum atomic E-state index is -0.992. The van der Waals surface area contributed by atoms with E-state index in [9.17, 15) is 9.59 Å². The third-order valence-corrected chi connectivity index (χ3v) is 3.42. The van der Waals surface area contributed by atoms with Crippen LogP contribution >= 0.6 is 15.9 Å². The molecule has 0 saturated carbocycles. The summed E-state index contributed by atoms with van der Waals surface area (Å²) in [5.74, 6) is -1.12. The Morgan fingerprint density at radius 3 is 2.82 bits per heavy atom. The average molecular weight is 298 g/mol. The fourth-order valence-electron chi connectivity index (χ4n) is 2.02. The minimum Gasteiger partial charge on any atom is -0.480 e. The predicted octanol–water partition coefficient (Wildman–Crippen LogP) is 2.20. The zero-order valence-electron chi connectivity index (χ0n) is 9.31. The zero-order chi connectivity index (χ0) is 12.6. The number of hydrogen-bond acceptors (Lipinski definition) is 2. The maximum absolute atomic E-state index is 11.8. The predicted molar refractivity (Wildman–Crippen MR) is 67.0 cm³/mol. The van der Waals surface area contributed by atoms with Crippen LogP contribution in [0.2, 0.25) is 0 Å². The number of benzene rings is 1. The van der Waals surface area contributed by atoms with Gasteiger partial charge in [-0.1, -0.05) is 15.9 Å². The summed E-state index contributed by atoms with van der Waals surface area (Å²) in [5.41, 5.74) is 1.71. The molecule has 0 saturated heterocycles. The van der Waals surface area contributed by atoms with E-state index in [0.29, 0.717) is 18.5 Å². The number of hydrogen-bond donors (Lipinski definition) is 1. The number of aryl methyl sites for hydroxylation is 1. The van der Waals surface area contributed by atoms with Gasteiger partial charge in [0, 0.05) is 16.6 Å². The molecule has 1 unspecified atom stereocenters. The van der Waals surface area contributed by atoms with Gasteiger partial charge in [-0.15, -0.1) is 0 Å². The Morgan fingerprint density at radius 2 is 2.18 bits per heavy atom. The Balaban J connectivity index is 2.47. The van der Waals surface area contributed by atoms with Gasteiger partial charge in [0.25, 0.3) is 0 Å². The van der Waals surface area contributed by atoms with E-state index in [-0.39, 0.29) is 5.91 Å². The fourth-order valence-corrected chi connectivity index (χ4v) is 2.43. The van der Waals surface area contributed by atoms with E-state index >= 15 is 0 Å². The topological polar surface area (TPSA) is 57.6 Å². The Bertz CT molecular complexity index is 487. The Hall–Kier alpha value is -1.36. The van der Waals surface area contributed by atoms with E-state index in [1.54, 1.807) is 6.07 Å². The first-order chi connectivity index (χ1) is 8.00. The molecule has 0 bridgehead atoms. The molecule has 4 nitrogen and oxygen atoms in total. The fraction of sp³-hybridized carbons (Fsp3) is 0.333. The number of aliphatic carboxylic acids is 1. The molecule has 1 aliphatic heterocycles. The van der Waals surface area contributed by atoms with E-state index in [2.05, 4.69) is 15.9 Å². The van der Waals surface area contributed by atoms with Gasteiger partial charge in [0.05, 0.1) is 0 Å². The van der Waals surface area contributed by atoms with Crippen molar-refractivity contribution in [2.24, 2.45) is 0 Å². The van der Waals surface area contributed by atoms with Crippen molar-refractivity contribution in [3.63, 3.8) is 0 Å². The van der Waals surface area contributed by atoms with Gasteiger partial charge in [-0.3, -0.25) is 9.69 Å². The van der Waals surface area contributed by atoms with Gasteiger partial charge < -0.3 is 5.11 Å². The Morgan fingerprint density at radius 1 is 1.47 bits per heavy atom. The summed E-state index contributed by atoms with van der Waals surface area (Å²) in [4.78, 5) is 24.2. The van der Waals surface area contributed by atoms with Crippen molar-refractivity contribution in [3.05, 3.63) is 28.2 Å². The van der Waals surface area contributed by atoms with Crippen molar-refractivity contribution < 1.29 is 14.7 Å². The number of carbonyl (C=O) groups is 2. The highest BCUT2D eigenvalue weighted by Gasteiger charge is 2.31. The second-order valence-electron chi connectivity index (χ2n) is 4.05. The number of amides is 1. The van der Waals surface area contributed by atoms with Crippen LogP contribution in [0.15, 0.2) is 22.7 Å². The van der Waals surface area contributed by atoms with Gasteiger partial charge in [0.1, 0.15) is 6.04 Å². The molecule has 1 atom stereocenters. The van der Waals surface area contributed by atoms with Gasteiger partial charge in [-0.2, -0.15) is 0 Å². The van der Waals surface area contributed by atoms with Crippen LogP contribution in [0, 0.1) is 0 Å². The molecule has 90 valence electrons. The molecule has 0 spiro atoms. The summed E-state index contributed by atoms with van der Waals surface area (Å²) in [6, 6.07) is 4.71. The molecule has 1 aromatic carbocycles. The van der Waals surface area contributed by atoms with Crippen LogP contribution in [0.25, 0.3) is 0 Å². The van der Waals surface area contributed by atoms with Gasteiger partial charge in [-0.05, 0) is 37.1 Å². The smallest absolute Gasteiger partial charge is 0.326 e. The average Bonchev–Trinajstić information content (AvgIpc) is 2.28. The first-order valence-corrected chi connectivity index (χ1v) is 6.13. The Kier molecular flexibility index (Phi) is 3.19. The third kappa shape index (κ3) is 2.20. The summed E-state index contributed by atoms with van der Waals surface area (Å²) in [5, 5.41) is 9.03. The number of carboxylic acids is 1. The van der Waals surface area contributed by atoms with Crippen molar-refractivity contribution in [2.45, 2.75) is 25.8 Å². The van der Waals surface area contributed by atoms with Gasteiger partial charge in [0.2, 0.25) is 5.91 Å². The minimum absolute atomic E-state index is 0.130. The maximum Gasteiger partial charge on any atom is 0.326 e. The lowest BCUT2D eigenvalue weighted by Gasteiger charge is -2.32. The second kappa shape index (κ2) is 4.49. The van der Waals surface area contributed by atoms with Gasteiger partial charge >= 0.3 is 5.97 Å². The Labute approximate surface area is 107 Å². The standard InChI is InChI=1S/C12H12BrNO3/c1-7(12(16)17)14-10-4-3-9(13)6-8(10)2-5-11(14)15/h3-4,6-7H,2,5H2,1H3,(H,16,17). The molecule has 1 N–H and O–H groups in total. The zero-order valence-corrected chi connectivity index (χ0v) is 10.9. The number of rotatable bonds is 2. The molecule has 17 heavy (non-hydrogen) atoms. The SMILES string of the molecule is CC(C(=O)O)N1C(=O)CCc2cc(Br)ccc21. The summed E-state index contributed by atoms with van der Waals surface area (Å²) in [7, 11) is 0. The summed E-state index contributed by atoms with van der Waals surface area (Å²) in [6.07, 6.45) is 1.03. The normalized spacial score (nSPS) is 16.6. The van der Waals surface area contributed by atoms with Crippen molar-refractivity contribution in [3.8, 4) is 0 Å². The highest BCUT2D eigenvalue weighted by atomic mass is 79.9. The van der Waals surface area contributed by atoms with E-state index in [1.807, 2.05) is 12.1 Å². The maximum atomic E-state index is 11.8. The number of halogens is 1. The van der Waals surface area contributed by atoms with Gasteiger partial charge in [0.15, 0.2) is 0 Å². The van der Waals surface area contributed by atoms with Crippen molar-refractivity contribution in [1.29, 1.82) is 0 Å². The molecule has 0 aliphatic carbocycles. The highest BCUT2D eigenvalue weighted by molar-refractivity contribution is 9.10. The van der Waals surface area contributed by atoms with Crippen LogP contribution < -0.4 is 4.90 Å². The lowest BCUT2D eigenvalue weighted by atomic mass is 10.00. The van der Waals surface area contributed by atoms with Crippen molar-refractivity contribution in [2.75, 3.05) is 4.90 Å². The largest absolute Gasteiger partial charge is 0.480 e. The van der Waals surface area contributed by atoms with E-state index in [0.717, 1.165) is 10.0 Å². The van der Waals surface area contributed by atoms with Crippen LogP contribution in [0.3, 0.4) is 0 Å². The van der Waals surface area contributed by atoms with E-state index in [4.69, 9.17) is 5.11 Å². The molecular formula is C12H12BrNO3. The lowest BCUT2D eigenvalue weighted by Crippen LogP contribution is -2.45. The highest BCUT2D eigenvalue weighted by Crippen LogP contribution is 2.31. The number of carboxylic acid groups (broad SMARTS) is 1. The third-order valence-electron chi connectivity index (χ3n) is 2.92. The molecule has 1 aliphatic rings. The first kappa shape index (κ1) is 12.1. The van der Waals surface area contributed by atoms with Crippen molar-refractivity contribution >= 4 is 33.5 Å². The summed E-state index contributed by atoms with van der Waals surface area (Å²) >= 11 is 3.37. The molecule has 0 aromatic heterocycles. The monoisotopic (exact) mass is 297 g/mol. The quantitative estimate of drug-likeness (QED) is 0.910. The summed E-state index contributed by atoms with van der Waals surface area (Å²) < 4.78 is 0.938. The van der Waals surface area contributed by atoms with Crippen molar-refractivity contribution in [1.82, 2.24) is 0 Å². The second-order valence-corrected chi connectivity index (χ2v) is 4.97. The molecule has 0 radical (unpaired) electrons. The van der Waals surface area contributed by atoms with E-state index in [1.165, 1.54) is 11.8 Å². The molecule has 1 heterocycles. The molecule has 1 aromatic rings. The summed E-state index contributed by atoms with van der Waals surface area (Å²) in [6.45, 7) is 1.53. The molecule has 1 amide bonds. The van der Waals surface area contributed by atoms with E-state index < -0.39 is 12.0 Å². The van der Waals surface area contributed by atoms with Crippen LogP contribution in [0.4, 0.5) is 5.69 Å². The first-order valence-electron chi connectivity index (χ1n) is 5.34. The number of fused-ring (bicyclic) bond motifs is 1. The van der Waals surface area contributed by atoms with Crippen LogP contribution in [-0.4, -0.2) is 23.0 Å². The number of anilines is 1. The molecular weight excluding hydrogens is 286 g/mol. The van der Waals surface area contributed by atoms with Gasteiger partial charge in [-0.25, -0.2) is 4.79 Å². The van der Waals surface area contributed by atoms with Crippen LogP contribution in [0.5, 0.6) is 0 Å². The van der Waals surface area contributed by atoms with Crippen LogP contribution in [0.1, 0.15) is 18.9 Å². The number of nitrogens with zero attached hydrogens (tertiary/aromatic N) is 1. The number of carbonyl (C=O) groups excluding carboxylic acids is 1. The van der Waals surface area contributed by atoms with Crippen LogP contribution in [-0.2, 0) is 16.0 Å². The molecule has 0 fully saturated rings. The molecule has 5 heteroatoms. The lowest BCUT2D eigenvalue weighted by molar-refractivity contribution is -0.139.